The Labute approximate surface area is 126 Å². The number of carbonyl (C=O) groups excluding carboxylic acids is 1. The monoisotopic (exact) mass is 312 g/mol. The summed E-state index contributed by atoms with van der Waals surface area (Å²) in [6.45, 7) is 2.30. The largest absolute Gasteiger partial charge is 0.492 e. The minimum absolute atomic E-state index is 0.215. The first-order chi connectivity index (χ1) is 9.56. The van der Waals surface area contributed by atoms with Crippen LogP contribution in [0.2, 0.25) is 10.0 Å². The molecule has 2 rings (SSSR count). The van der Waals surface area contributed by atoms with Crippen LogP contribution in [0, 0.1) is 5.82 Å². The van der Waals surface area contributed by atoms with E-state index in [0.717, 1.165) is 6.07 Å². The molecule has 0 aliphatic carbocycles. The molecule has 0 amide bonds. The lowest BCUT2D eigenvalue weighted by Crippen LogP contribution is -1.94. The van der Waals surface area contributed by atoms with E-state index in [-0.39, 0.29) is 5.56 Å². The lowest BCUT2D eigenvalue weighted by Gasteiger charge is -2.12. The summed E-state index contributed by atoms with van der Waals surface area (Å²) in [6, 6.07) is 7.11. The van der Waals surface area contributed by atoms with Gasteiger partial charge in [0.1, 0.15) is 11.6 Å². The van der Waals surface area contributed by atoms with Gasteiger partial charge in [-0.1, -0.05) is 29.3 Å². The molecule has 0 bridgehead atoms. The fourth-order valence-corrected chi connectivity index (χ4v) is 2.35. The average Bonchev–Trinajstić information content (AvgIpc) is 2.43. The lowest BCUT2D eigenvalue weighted by atomic mass is 10.00. The molecule has 0 spiro atoms. The number of halogens is 3. The van der Waals surface area contributed by atoms with E-state index in [1.54, 1.807) is 12.1 Å². The maximum Gasteiger partial charge on any atom is 0.150 e. The van der Waals surface area contributed by atoms with Gasteiger partial charge in [-0.15, -0.1) is 0 Å². The van der Waals surface area contributed by atoms with Gasteiger partial charge in [0.25, 0.3) is 0 Å². The van der Waals surface area contributed by atoms with Crippen LogP contribution < -0.4 is 4.74 Å². The Morgan fingerprint density at radius 2 is 1.90 bits per heavy atom. The van der Waals surface area contributed by atoms with Gasteiger partial charge in [-0.05, 0) is 30.7 Å². The molecule has 0 aromatic heterocycles. The van der Waals surface area contributed by atoms with Gasteiger partial charge >= 0.3 is 0 Å². The SMILES string of the molecule is CCOc1cc(Cl)c(-c2ccc(F)cc2C=O)cc1Cl. The smallest absolute Gasteiger partial charge is 0.150 e. The highest BCUT2D eigenvalue weighted by Crippen LogP contribution is 2.37. The molecule has 0 unspecified atom stereocenters. The van der Waals surface area contributed by atoms with Crippen molar-refractivity contribution in [3.05, 3.63) is 51.8 Å². The zero-order valence-electron chi connectivity index (χ0n) is 10.6. The van der Waals surface area contributed by atoms with Crippen LogP contribution in [0.5, 0.6) is 5.75 Å². The molecular formula is C15H11Cl2FO2. The molecule has 0 saturated heterocycles. The summed E-state index contributed by atoms with van der Waals surface area (Å²) in [4.78, 5) is 11.1. The van der Waals surface area contributed by atoms with Gasteiger partial charge in [0.2, 0.25) is 0 Å². The Hall–Kier alpha value is -1.58. The van der Waals surface area contributed by atoms with Gasteiger partial charge in [-0.2, -0.15) is 0 Å². The third kappa shape index (κ3) is 2.94. The van der Waals surface area contributed by atoms with Crippen molar-refractivity contribution in [2.75, 3.05) is 6.61 Å². The Morgan fingerprint density at radius 3 is 2.55 bits per heavy atom. The predicted octanol–water partition coefficient (Wildman–Crippen LogP) is 5.01. The molecular weight excluding hydrogens is 302 g/mol. The summed E-state index contributed by atoms with van der Waals surface area (Å²) in [5, 5.41) is 0.764. The van der Waals surface area contributed by atoms with E-state index in [1.165, 1.54) is 12.1 Å². The van der Waals surface area contributed by atoms with Crippen LogP contribution in [0.4, 0.5) is 4.39 Å². The van der Waals surface area contributed by atoms with E-state index < -0.39 is 5.82 Å². The first-order valence-electron chi connectivity index (χ1n) is 5.93. The van der Waals surface area contributed by atoms with Gasteiger partial charge in [0.05, 0.1) is 16.7 Å². The van der Waals surface area contributed by atoms with E-state index in [0.29, 0.717) is 39.8 Å². The van der Waals surface area contributed by atoms with E-state index in [9.17, 15) is 9.18 Å². The second kappa shape index (κ2) is 6.25. The summed E-state index contributed by atoms with van der Waals surface area (Å²) in [5.74, 6) is -0.0123. The molecule has 20 heavy (non-hydrogen) atoms. The minimum Gasteiger partial charge on any atom is -0.492 e. The summed E-state index contributed by atoms with van der Waals surface area (Å²) < 4.78 is 18.5. The third-order valence-electron chi connectivity index (χ3n) is 2.75. The number of aldehydes is 1. The number of rotatable bonds is 4. The van der Waals surface area contributed by atoms with Crippen LogP contribution in [-0.2, 0) is 0 Å². The zero-order chi connectivity index (χ0) is 14.7. The summed E-state index contributed by atoms with van der Waals surface area (Å²) in [7, 11) is 0. The van der Waals surface area contributed by atoms with Crippen LogP contribution in [0.15, 0.2) is 30.3 Å². The Morgan fingerprint density at radius 1 is 1.15 bits per heavy atom. The molecule has 104 valence electrons. The molecule has 0 fully saturated rings. The van der Waals surface area contributed by atoms with E-state index in [1.807, 2.05) is 6.92 Å². The van der Waals surface area contributed by atoms with Gasteiger partial charge in [-0.3, -0.25) is 4.79 Å². The van der Waals surface area contributed by atoms with Crippen molar-refractivity contribution in [2.24, 2.45) is 0 Å². The summed E-state index contributed by atoms with van der Waals surface area (Å²) >= 11 is 12.3. The van der Waals surface area contributed by atoms with Crippen LogP contribution in [-0.4, -0.2) is 12.9 Å². The molecule has 0 aliphatic heterocycles. The van der Waals surface area contributed by atoms with Crippen molar-refractivity contribution in [1.29, 1.82) is 0 Å². The summed E-state index contributed by atoms with van der Waals surface area (Å²) in [6.07, 6.45) is 0.582. The Bertz CT molecular complexity index is 657. The second-order valence-corrected chi connectivity index (χ2v) is 4.86. The van der Waals surface area contributed by atoms with Crippen molar-refractivity contribution in [3.63, 3.8) is 0 Å². The third-order valence-corrected chi connectivity index (χ3v) is 3.36. The van der Waals surface area contributed by atoms with Gasteiger partial charge < -0.3 is 4.74 Å². The maximum absolute atomic E-state index is 13.2. The minimum atomic E-state index is -0.482. The number of ether oxygens (including phenoxy) is 1. The maximum atomic E-state index is 13.2. The number of carbonyl (C=O) groups is 1. The van der Waals surface area contributed by atoms with E-state index >= 15 is 0 Å². The van der Waals surface area contributed by atoms with Gasteiger partial charge in [0.15, 0.2) is 6.29 Å². The average molecular weight is 313 g/mol. The quantitative estimate of drug-likeness (QED) is 0.742. The highest BCUT2D eigenvalue weighted by Gasteiger charge is 2.13. The molecule has 0 aliphatic rings. The summed E-state index contributed by atoms with van der Waals surface area (Å²) in [5.41, 5.74) is 1.30. The van der Waals surface area contributed by atoms with Crippen molar-refractivity contribution in [1.82, 2.24) is 0 Å². The molecule has 2 aromatic carbocycles. The highest BCUT2D eigenvalue weighted by atomic mass is 35.5. The van der Waals surface area contributed by atoms with Crippen LogP contribution in [0.25, 0.3) is 11.1 Å². The molecule has 0 N–H and O–H groups in total. The van der Waals surface area contributed by atoms with Crippen LogP contribution >= 0.6 is 23.2 Å². The molecule has 0 heterocycles. The number of benzene rings is 2. The zero-order valence-corrected chi connectivity index (χ0v) is 12.1. The Kier molecular flexibility index (Phi) is 4.63. The standard InChI is InChI=1S/C15H11Cl2FO2/c1-2-20-15-7-13(16)12(6-14(15)17)11-4-3-10(18)5-9(11)8-19/h3-8H,2H2,1H3. The fourth-order valence-electron chi connectivity index (χ4n) is 1.88. The molecule has 0 radical (unpaired) electrons. The van der Waals surface area contributed by atoms with Crippen molar-refractivity contribution in [3.8, 4) is 16.9 Å². The number of hydrogen-bond acceptors (Lipinski definition) is 2. The molecule has 2 aromatic rings. The molecule has 2 nitrogen and oxygen atoms in total. The normalized spacial score (nSPS) is 10.4. The lowest BCUT2D eigenvalue weighted by molar-refractivity contribution is 0.112. The van der Waals surface area contributed by atoms with Crippen molar-refractivity contribution in [2.45, 2.75) is 6.92 Å². The molecule has 5 heteroatoms. The fraction of sp³-hybridized carbons (Fsp3) is 0.133. The van der Waals surface area contributed by atoms with Crippen molar-refractivity contribution >= 4 is 29.5 Å². The topological polar surface area (TPSA) is 26.3 Å². The van der Waals surface area contributed by atoms with Gasteiger partial charge in [0, 0.05) is 17.2 Å². The van der Waals surface area contributed by atoms with E-state index in [4.69, 9.17) is 27.9 Å². The van der Waals surface area contributed by atoms with Crippen molar-refractivity contribution < 1.29 is 13.9 Å². The first kappa shape index (κ1) is 14.8. The van der Waals surface area contributed by atoms with Gasteiger partial charge in [-0.25, -0.2) is 4.39 Å². The second-order valence-electron chi connectivity index (χ2n) is 4.04. The molecule has 0 atom stereocenters. The Balaban J connectivity index is 2.58. The predicted molar refractivity (Wildman–Crippen MR) is 78.4 cm³/mol. The first-order valence-corrected chi connectivity index (χ1v) is 6.69. The van der Waals surface area contributed by atoms with E-state index in [2.05, 4.69) is 0 Å². The molecule has 0 saturated carbocycles. The van der Waals surface area contributed by atoms with Crippen LogP contribution in [0.1, 0.15) is 17.3 Å². The van der Waals surface area contributed by atoms with Crippen LogP contribution in [0.3, 0.4) is 0 Å². The number of hydrogen-bond donors (Lipinski definition) is 0. The highest BCUT2D eigenvalue weighted by molar-refractivity contribution is 6.36.